The molecule has 0 unspecified atom stereocenters. The molecule has 0 aliphatic heterocycles. The Hall–Kier alpha value is -1.89. The van der Waals surface area contributed by atoms with Crippen molar-refractivity contribution in [1.82, 2.24) is 15.1 Å². The number of aryl methyl sites for hydroxylation is 2. The number of nitrogens with zero attached hydrogens (tertiary/aromatic N) is 2. The molecule has 0 saturated heterocycles. The molecule has 0 fully saturated rings. The number of carbonyl (C=O) groups excluding carboxylic acids is 1. The molecule has 0 radical (unpaired) electrons. The van der Waals surface area contributed by atoms with Crippen LogP contribution in [0.2, 0.25) is 0 Å². The zero-order valence-electron chi connectivity index (χ0n) is 12.4. The van der Waals surface area contributed by atoms with E-state index in [0.29, 0.717) is 12.2 Å². The van der Waals surface area contributed by atoms with Crippen LogP contribution in [-0.4, -0.2) is 51.2 Å². The van der Waals surface area contributed by atoms with Gasteiger partial charge in [0.2, 0.25) is 5.91 Å². The third-order valence-corrected chi connectivity index (χ3v) is 3.08. The normalized spacial score (nSPS) is 11.1. The van der Waals surface area contributed by atoms with Crippen molar-refractivity contribution in [2.24, 2.45) is 0 Å². The van der Waals surface area contributed by atoms with Crippen LogP contribution in [0, 0.1) is 13.8 Å². The van der Waals surface area contributed by atoms with Crippen molar-refractivity contribution in [3.63, 3.8) is 0 Å². The Kier molecular flexibility index (Phi) is 5.69. The summed E-state index contributed by atoms with van der Waals surface area (Å²) in [7, 11) is 0. The third-order valence-electron chi connectivity index (χ3n) is 3.08. The number of anilines is 1. The molecule has 0 aliphatic rings. The van der Waals surface area contributed by atoms with E-state index in [4.69, 9.17) is 5.11 Å². The molecule has 7 heteroatoms. The van der Waals surface area contributed by atoms with E-state index in [1.54, 1.807) is 0 Å². The summed E-state index contributed by atoms with van der Waals surface area (Å²) in [6.45, 7) is 8.02. The number of carboxylic acids is 1. The summed E-state index contributed by atoms with van der Waals surface area (Å²) in [5.41, 5.74) is 2.23. The monoisotopic (exact) mass is 282 g/mol. The first kappa shape index (κ1) is 16.2. The van der Waals surface area contributed by atoms with Crippen LogP contribution >= 0.6 is 0 Å². The van der Waals surface area contributed by atoms with Gasteiger partial charge >= 0.3 is 5.97 Å². The molecular formula is C13H22N4O3. The number of rotatable bonds is 7. The van der Waals surface area contributed by atoms with E-state index >= 15 is 0 Å². The number of hydrogen-bond acceptors (Lipinski definition) is 4. The predicted octanol–water partition coefficient (Wildman–Crippen LogP) is 1.15. The molecule has 3 N–H and O–H groups in total. The summed E-state index contributed by atoms with van der Waals surface area (Å²) < 4.78 is 0. The van der Waals surface area contributed by atoms with E-state index in [1.807, 2.05) is 32.6 Å². The van der Waals surface area contributed by atoms with E-state index in [-0.39, 0.29) is 24.9 Å². The van der Waals surface area contributed by atoms with Crippen molar-refractivity contribution < 1.29 is 14.7 Å². The predicted molar refractivity (Wildman–Crippen MR) is 75.7 cm³/mol. The van der Waals surface area contributed by atoms with Gasteiger partial charge in [-0.25, -0.2) is 0 Å². The van der Waals surface area contributed by atoms with Crippen LogP contribution in [-0.2, 0) is 9.59 Å². The summed E-state index contributed by atoms with van der Waals surface area (Å²) in [5, 5.41) is 18.3. The fourth-order valence-electron chi connectivity index (χ4n) is 1.86. The van der Waals surface area contributed by atoms with Gasteiger partial charge in [-0.3, -0.25) is 19.6 Å². The number of amides is 1. The van der Waals surface area contributed by atoms with E-state index in [0.717, 1.165) is 11.4 Å². The van der Waals surface area contributed by atoms with Crippen LogP contribution in [0.4, 0.5) is 5.69 Å². The molecule has 1 aromatic heterocycles. The minimum Gasteiger partial charge on any atom is -0.481 e. The molecule has 7 nitrogen and oxygen atoms in total. The second-order valence-electron chi connectivity index (χ2n) is 5.07. The number of hydrogen-bond donors (Lipinski definition) is 3. The van der Waals surface area contributed by atoms with Gasteiger partial charge in [0.25, 0.3) is 0 Å². The Morgan fingerprint density at radius 3 is 2.50 bits per heavy atom. The highest BCUT2D eigenvalue weighted by Gasteiger charge is 2.17. The molecule has 0 atom stereocenters. The average molecular weight is 282 g/mol. The molecule has 0 saturated carbocycles. The SMILES string of the molecule is Cc1n[nH]c(C)c1NC(=O)CN(CCC(=O)O)C(C)C. The quantitative estimate of drug-likeness (QED) is 0.697. The third kappa shape index (κ3) is 4.65. The Labute approximate surface area is 118 Å². The molecule has 1 amide bonds. The van der Waals surface area contributed by atoms with Gasteiger partial charge in [0.1, 0.15) is 0 Å². The maximum atomic E-state index is 12.0. The van der Waals surface area contributed by atoms with Gasteiger partial charge < -0.3 is 10.4 Å². The number of aliphatic carboxylic acids is 1. The van der Waals surface area contributed by atoms with Crippen LogP contribution in [0.25, 0.3) is 0 Å². The second kappa shape index (κ2) is 7.04. The lowest BCUT2D eigenvalue weighted by molar-refractivity contribution is -0.137. The fourth-order valence-corrected chi connectivity index (χ4v) is 1.86. The number of H-pyrrole nitrogens is 1. The molecule has 1 aromatic rings. The number of carboxylic acid groups (broad SMARTS) is 1. The summed E-state index contributed by atoms with van der Waals surface area (Å²) in [6, 6.07) is 0.103. The maximum absolute atomic E-state index is 12.0. The van der Waals surface area contributed by atoms with Gasteiger partial charge in [0.15, 0.2) is 0 Å². The largest absolute Gasteiger partial charge is 0.481 e. The van der Waals surface area contributed by atoms with Crippen LogP contribution in [0.1, 0.15) is 31.7 Å². The van der Waals surface area contributed by atoms with Gasteiger partial charge in [-0.05, 0) is 27.7 Å². The number of aromatic nitrogens is 2. The van der Waals surface area contributed by atoms with Gasteiger partial charge in [0.05, 0.1) is 30.0 Å². The summed E-state index contributed by atoms with van der Waals surface area (Å²) >= 11 is 0. The Morgan fingerprint density at radius 2 is 2.05 bits per heavy atom. The van der Waals surface area contributed by atoms with Crippen molar-refractivity contribution >= 4 is 17.6 Å². The minimum absolute atomic E-state index is 0.0230. The molecule has 1 rings (SSSR count). The average Bonchev–Trinajstić information content (AvgIpc) is 2.65. The van der Waals surface area contributed by atoms with Crippen molar-refractivity contribution in [1.29, 1.82) is 0 Å². The smallest absolute Gasteiger partial charge is 0.304 e. The van der Waals surface area contributed by atoms with Gasteiger partial charge in [-0.1, -0.05) is 0 Å². The van der Waals surface area contributed by atoms with Gasteiger partial charge in [-0.15, -0.1) is 0 Å². The van der Waals surface area contributed by atoms with E-state index < -0.39 is 5.97 Å². The first-order valence-electron chi connectivity index (χ1n) is 6.58. The van der Waals surface area contributed by atoms with Gasteiger partial charge in [-0.2, -0.15) is 5.10 Å². The zero-order valence-corrected chi connectivity index (χ0v) is 12.4. The van der Waals surface area contributed by atoms with Crippen molar-refractivity contribution in [3.8, 4) is 0 Å². The second-order valence-corrected chi connectivity index (χ2v) is 5.07. The Morgan fingerprint density at radius 1 is 1.40 bits per heavy atom. The lowest BCUT2D eigenvalue weighted by atomic mass is 10.2. The summed E-state index contributed by atoms with van der Waals surface area (Å²) in [6.07, 6.45) is 0.0230. The standard InChI is InChI=1S/C13H22N4O3/c1-8(2)17(6-5-12(19)20)7-11(18)14-13-9(3)15-16-10(13)4/h8H,5-7H2,1-4H3,(H,14,18)(H,15,16)(H,19,20). The van der Waals surface area contributed by atoms with Gasteiger partial charge in [0, 0.05) is 12.6 Å². The molecule has 112 valence electrons. The van der Waals surface area contributed by atoms with Crippen LogP contribution in [0.5, 0.6) is 0 Å². The zero-order chi connectivity index (χ0) is 15.3. The van der Waals surface area contributed by atoms with Crippen LogP contribution < -0.4 is 5.32 Å². The lowest BCUT2D eigenvalue weighted by Gasteiger charge is -2.25. The lowest BCUT2D eigenvalue weighted by Crippen LogP contribution is -2.39. The molecule has 0 bridgehead atoms. The van der Waals surface area contributed by atoms with Crippen molar-refractivity contribution in [2.45, 2.75) is 40.2 Å². The number of carbonyl (C=O) groups is 2. The topological polar surface area (TPSA) is 98.3 Å². The molecular weight excluding hydrogens is 260 g/mol. The maximum Gasteiger partial charge on any atom is 0.304 e. The van der Waals surface area contributed by atoms with Crippen LogP contribution in [0.3, 0.4) is 0 Å². The van der Waals surface area contributed by atoms with E-state index in [9.17, 15) is 9.59 Å². The van der Waals surface area contributed by atoms with Crippen LogP contribution in [0.15, 0.2) is 0 Å². The minimum atomic E-state index is -0.863. The summed E-state index contributed by atoms with van der Waals surface area (Å²) in [4.78, 5) is 24.5. The molecule has 0 aromatic carbocycles. The highest BCUT2D eigenvalue weighted by atomic mass is 16.4. The van der Waals surface area contributed by atoms with E-state index in [1.165, 1.54) is 0 Å². The molecule has 1 heterocycles. The first-order valence-corrected chi connectivity index (χ1v) is 6.58. The Bertz CT molecular complexity index is 462. The Balaban J connectivity index is 2.60. The highest BCUT2D eigenvalue weighted by molar-refractivity contribution is 5.93. The molecule has 0 spiro atoms. The molecule has 20 heavy (non-hydrogen) atoms. The number of nitrogens with one attached hydrogen (secondary N) is 2. The highest BCUT2D eigenvalue weighted by Crippen LogP contribution is 2.15. The van der Waals surface area contributed by atoms with E-state index in [2.05, 4.69) is 15.5 Å². The summed E-state index contributed by atoms with van der Waals surface area (Å²) in [5.74, 6) is -1.03. The van der Waals surface area contributed by atoms with Crippen molar-refractivity contribution in [3.05, 3.63) is 11.4 Å². The molecule has 0 aliphatic carbocycles. The number of aromatic amines is 1. The van der Waals surface area contributed by atoms with Crippen molar-refractivity contribution in [2.75, 3.05) is 18.4 Å². The first-order chi connectivity index (χ1) is 9.31. The fraction of sp³-hybridized carbons (Fsp3) is 0.615.